The molecule has 2 aliphatic heterocycles. The Hall–Kier alpha value is -2.24. The van der Waals surface area contributed by atoms with Gasteiger partial charge in [0.05, 0.1) is 5.92 Å². The lowest BCUT2D eigenvalue weighted by Crippen LogP contribution is -2.36. The molecule has 0 radical (unpaired) electrons. The molecule has 1 N–H and O–H groups in total. The van der Waals surface area contributed by atoms with E-state index in [4.69, 9.17) is 9.47 Å². The molecule has 6 nitrogen and oxygen atoms in total. The number of hydrogen-bond acceptors (Lipinski definition) is 4. The fourth-order valence-corrected chi connectivity index (χ4v) is 2.64. The first-order valence-electron chi connectivity index (χ1n) is 7.11. The second kappa shape index (κ2) is 5.63. The molecule has 1 unspecified atom stereocenters. The lowest BCUT2D eigenvalue weighted by atomic mass is 10.1. The molecule has 1 atom stereocenters. The molecule has 112 valence electrons. The molecule has 0 saturated carbocycles. The third kappa shape index (κ3) is 2.79. The van der Waals surface area contributed by atoms with Crippen LogP contribution in [0.3, 0.4) is 0 Å². The van der Waals surface area contributed by atoms with Gasteiger partial charge in [-0.15, -0.1) is 0 Å². The highest BCUT2D eigenvalue weighted by molar-refractivity contribution is 5.89. The number of carbonyl (C=O) groups is 2. The van der Waals surface area contributed by atoms with Crippen LogP contribution in [0.15, 0.2) is 18.2 Å². The SMILES string of the molecule is CCN(Cc1ccc2c(c1)OCO2)C(=O)C1CNC(=O)C1. The highest BCUT2D eigenvalue weighted by Crippen LogP contribution is 2.32. The number of carbonyl (C=O) groups excluding carboxylic acids is 2. The number of nitrogens with zero attached hydrogens (tertiary/aromatic N) is 1. The summed E-state index contributed by atoms with van der Waals surface area (Å²) in [5.41, 5.74) is 0.992. The smallest absolute Gasteiger partial charge is 0.231 e. The minimum Gasteiger partial charge on any atom is -0.454 e. The van der Waals surface area contributed by atoms with E-state index in [1.807, 2.05) is 25.1 Å². The molecule has 0 aromatic heterocycles. The Morgan fingerprint density at radius 1 is 1.38 bits per heavy atom. The van der Waals surface area contributed by atoms with Crippen LogP contribution >= 0.6 is 0 Å². The minimum absolute atomic E-state index is 0.0218. The quantitative estimate of drug-likeness (QED) is 0.894. The van der Waals surface area contributed by atoms with Gasteiger partial charge >= 0.3 is 0 Å². The van der Waals surface area contributed by atoms with Crippen LogP contribution in [0.5, 0.6) is 11.5 Å². The predicted molar refractivity (Wildman–Crippen MR) is 74.8 cm³/mol. The Kier molecular flexibility index (Phi) is 3.68. The predicted octanol–water partition coefficient (Wildman–Crippen LogP) is 0.900. The van der Waals surface area contributed by atoms with Gasteiger partial charge in [0, 0.05) is 26.1 Å². The Labute approximate surface area is 123 Å². The van der Waals surface area contributed by atoms with Gasteiger partial charge in [-0.3, -0.25) is 9.59 Å². The second-order valence-electron chi connectivity index (χ2n) is 5.25. The summed E-state index contributed by atoms with van der Waals surface area (Å²) in [4.78, 5) is 25.4. The van der Waals surface area contributed by atoms with Gasteiger partial charge in [0.25, 0.3) is 0 Å². The molecule has 2 heterocycles. The van der Waals surface area contributed by atoms with Gasteiger partial charge in [-0.25, -0.2) is 0 Å². The normalized spacial score (nSPS) is 19.5. The third-order valence-electron chi connectivity index (χ3n) is 3.83. The summed E-state index contributed by atoms with van der Waals surface area (Å²) in [5.74, 6) is 1.18. The maximum Gasteiger partial charge on any atom is 0.231 e. The van der Waals surface area contributed by atoms with Gasteiger partial charge in [-0.1, -0.05) is 6.07 Å². The van der Waals surface area contributed by atoms with Crippen molar-refractivity contribution in [3.05, 3.63) is 23.8 Å². The van der Waals surface area contributed by atoms with Gasteiger partial charge < -0.3 is 19.7 Å². The number of rotatable bonds is 4. The van der Waals surface area contributed by atoms with Crippen molar-refractivity contribution in [1.29, 1.82) is 0 Å². The van der Waals surface area contributed by atoms with Crippen molar-refractivity contribution in [3.8, 4) is 11.5 Å². The largest absolute Gasteiger partial charge is 0.454 e. The van der Waals surface area contributed by atoms with Crippen molar-refractivity contribution in [3.63, 3.8) is 0 Å². The molecule has 3 rings (SSSR count). The zero-order chi connectivity index (χ0) is 14.8. The lowest BCUT2D eigenvalue weighted by Gasteiger charge is -2.23. The van der Waals surface area contributed by atoms with Crippen LogP contribution in [0.4, 0.5) is 0 Å². The van der Waals surface area contributed by atoms with Gasteiger partial charge in [0.15, 0.2) is 11.5 Å². The van der Waals surface area contributed by atoms with Crippen molar-refractivity contribution in [1.82, 2.24) is 10.2 Å². The molecule has 2 amide bonds. The standard InChI is InChI=1S/C15H18N2O4/c1-2-17(15(19)11-6-14(18)16-7-11)8-10-3-4-12-13(5-10)21-9-20-12/h3-5,11H,2,6-9H2,1H3,(H,16,18). The number of hydrogen-bond donors (Lipinski definition) is 1. The average Bonchev–Trinajstić information content (AvgIpc) is 3.12. The monoisotopic (exact) mass is 290 g/mol. The highest BCUT2D eigenvalue weighted by atomic mass is 16.7. The Bertz CT molecular complexity index is 573. The van der Waals surface area contributed by atoms with Crippen LogP contribution in [0.2, 0.25) is 0 Å². The summed E-state index contributed by atoms with van der Waals surface area (Å²) in [6, 6.07) is 5.69. The summed E-state index contributed by atoms with van der Waals surface area (Å²) in [7, 11) is 0. The third-order valence-corrected chi connectivity index (χ3v) is 3.83. The van der Waals surface area contributed by atoms with E-state index in [-0.39, 0.29) is 30.9 Å². The van der Waals surface area contributed by atoms with E-state index in [2.05, 4.69) is 5.32 Å². The van der Waals surface area contributed by atoms with E-state index in [0.717, 1.165) is 11.3 Å². The molecule has 2 aliphatic rings. The van der Waals surface area contributed by atoms with Crippen LogP contribution in [0, 0.1) is 5.92 Å². The van der Waals surface area contributed by atoms with Crippen LogP contribution in [0.1, 0.15) is 18.9 Å². The van der Waals surface area contributed by atoms with Crippen LogP contribution in [-0.2, 0) is 16.1 Å². The molecule has 21 heavy (non-hydrogen) atoms. The first kappa shape index (κ1) is 13.7. The molecule has 0 bridgehead atoms. The van der Waals surface area contributed by atoms with Crippen LogP contribution in [0.25, 0.3) is 0 Å². The number of fused-ring (bicyclic) bond motifs is 1. The van der Waals surface area contributed by atoms with Crippen molar-refractivity contribution >= 4 is 11.8 Å². The summed E-state index contributed by atoms with van der Waals surface area (Å²) in [5, 5.41) is 2.70. The number of ether oxygens (including phenoxy) is 2. The lowest BCUT2D eigenvalue weighted by molar-refractivity contribution is -0.136. The van der Waals surface area contributed by atoms with E-state index in [1.54, 1.807) is 4.90 Å². The van der Waals surface area contributed by atoms with E-state index < -0.39 is 0 Å². The molecule has 1 aromatic rings. The first-order chi connectivity index (χ1) is 10.2. The minimum atomic E-state index is -0.244. The Morgan fingerprint density at radius 3 is 2.90 bits per heavy atom. The molecule has 1 fully saturated rings. The second-order valence-corrected chi connectivity index (χ2v) is 5.25. The van der Waals surface area contributed by atoms with Gasteiger partial charge in [-0.2, -0.15) is 0 Å². The summed E-state index contributed by atoms with van der Waals surface area (Å²) in [6.07, 6.45) is 0.288. The van der Waals surface area contributed by atoms with E-state index in [1.165, 1.54) is 0 Å². The van der Waals surface area contributed by atoms with Gasteiger partial charge in [-0.05, 0) is 24.6 Å². The fourth-order valence-electron chi connectivity index (χ4n) is 2.64. The van der Waals surface area contributed by atoms with Crippen LogP contribution < -0.4 is 14.8 Å². The van der Waals surface area contributed by atoms with E-state index in [9.17, 15) is 9.59 Å². The molecule has 0 aliphatic carbocycles. The van der Waals surface area contributed by atoms with Gasteiger partial charge in [0.1, 0.15) is 0 Å². The molecular weight excluding hydrogens is 272 g/mol. The first-order valence-corrected chi connectivity index (χ1v) is 7.11. The van der Waals surface area contributed by atoms with Crippen LogP contribution in [-0.4, -0.2) is 36.6 Å². The average molecular weight is 290 g/mol. The van der Waals surface area contributed by atoms with Crippen molar-refractivity contribution in [2.75, 3.05) is 19.9 Å². The summed E-state index contributed by atoms with van der Waals surface area (Å²) < 4.78 is 10.6. The molecule has 1 aromatic carbocycles. The van der Waals surface area contributed by atoms with Crippen molar-refractivity contribution < 1.29 is 19.1 Å². The van der Waals surface area contributed by atoms with Crippen molar-refractivity contribution in [2.45, 2.75) is 19.9 Å². The van der Waals surface area contributed by atoms with E-state index in [0.29, 0.717) is 25.4 Å². The zero-order valence-electron chi connectivity index (χ0n) is 11.9. The summed E-state index contributed by atoms with van der Waals surface area (Å²) >= 11 is 0. The molecular formula is C15H18N2O4. The zero-order valence-corrected chi connectivity index (χ0v) is 11.9. The number of benzene rings is 1. The number of amides is 2. The number of nitrogens with one attached hydrogen (secondary N) is 1. The Morgan fingerprint density at radius 2 is 2.19 bits per heavy atom. The van der Waals surface area contributed by atoms with Gasteiger partial charge in [0.2, 0.25) is 18.6 Å². The Balaban J connectivity index is 1.69. The maximum atomic E-state index is 12.4. The molecule has 1 saturated heterocycles. The molecule has 0 spiro atoms. The van der Waals surface area contributed by atoms with Crippen molar-refractivity contribution in [2.24, 2.45) is 5.92 Å². The summed E-state index contributed by atoms with van der Waals surface area (Å²) in [6.45, 7) is 3.74. The molecule has 6 heteroatoms. The topological polar surface area (TPSA) is 67.9 Å². The fraction of sp³-hybridized carbons (Fsp3) is 0.467. The van der Waals surface area contributed by atoms with E-state index >= 15 is 0 Å². The highest BCUT2D eigenvalue weighted by Gasteiger charge is 2.31. The maximum absolute atomic E-state index is 12.4.